The van der Waals surface area contributed by atoms with Gasteiger partial charge in [-0.1, -0.05) is 18.5 Å². The quantitative estimate of drug-likeness (QED) is 0.917. The first-order valence-electron chi connectivity index (χ1n) is 6.76. The molecule has 0 aliphatic carbocycles. The van der Waals surface area contributed by atoms with E-state index in [2.05, 4.69) is 19.2 Å². The summed E-state index contributed by atoms with van der Waals surface area (Å²) in [6, 6.07) is 1.98. The van der Waals surface area contributed by atoms with Gasteiger partial charge in [-0.05, 0) is 44.4 Å². The van der Waals surface area contributed by atoms with E-state index in [0.29, 0.717) is 0 Å². The van der Waals surface area contributed by atoms with Crippen molar-refractivity contribution in [3.8, 4) is 11.5 Å². The molecule has 19 heavy (non-hydrogen) atoms. The Hall–Kier alpha value is -0.930. The van der Waals surface area contributed by atoms with Crippen LogP contribution in [0.2, 0.25) is 5.02 Å². The van der Waals surface area contributed by atoms with Crippen LogP contribution in [0.5, 0.6) is 11.5 Å². The summed E-state index contributed by atoms with van der Waals surface area (Å²) in [7, 11) is 3.33. The van der Waals surface area contributed by atoms with E-state index in [9.17, 15) is 0 Å². The lowest BCUT2D eigenvalue weighted by molar-refractivity contribution is 0.333. The van der Waals surface area contributed by atoms with Gasteiger partial charge in [0.05, 0.1) is 19.2 Å². The summed E-state index contributed by atoms with van der Waals surface area (Å²) >= 11 is 6.62. The average Bonchev–Trinajstić information content (AvgIpc) is 2.85. The minimum absolute atomic E-state index is 0.138. The Bertz CT molecular complexity index is 468. The molecule has 1 aliphatic heterocycles. The van der Waals surface area contributed by atoms with Gasteiger partial charge in [-0.3, -0.25) is 0 Å². The van der Waals surface area contributed by atoms with Crippen LogP contribution in [0.15, 0.2) is 6.07 Å². The van der Waals surface area contributed by atoms with Crippen molar-refractivity contribution in [2.75, 3.05) is 20.8 Å². The van der Waals surface area contributed by atoms with Crippen LogP contribution in [0, 0.1) is 0 Å². The predicted molar refractivity (Wildman–Crippen MR) is 78.5 cm³/mol. The van der Waals surface area contributed by atoms with Crippen LogP contribution >= 0.6 is 11.6 Å². The van der Waals surface area contributed by atoms with E-state index in [1.165, 1.54) is 0 Å². The standard InChI is InChI=1S/C15H22ClNO2/c1-5-10-9-11(18-3)14(19-4)12(13(10)16)15(2)7-6-8-17-15/h9,17H,5-8H2,1-4H3. The molecule has 0 saturated carbocycles. The minimum atomic E-state index is -0.138. The topological polar surface area (TPSA) is 30.5 Å². The fourth-order valence-electron chi connectivity index (χ4n) is 2.88. The number of rotatable bonds is 4. The van der Waals surface area contributed by atoms with E-state index in [4.69, 9.17) is 21.1 Å². The highest BCUT2D eigenvalue weighted by Gasteiger charge is 2.36. The summed E-state index contributed by atoms with van der Waals surface area (Å²) < 4.78 is 11.0. The number of aryl methyl sites for hydroxylation is 1. The molecule has 0 aromatic heterocycles. The Kier molecular flexibility index (Phi) is 4.26. The van der Waals surface area contributed by atoms with Gasteiger partial charge < -0.3 is 14.8 Å². The van der Waals surface area contributed by atoms with Gasteiger partial charge in [-0.25, -0.2) is 0 Å². The summed E-state index contributed by atoms with van der Waals surface area (Å²) in [4.78, 5) is 0. The van der Waals surface area contributed by atoms with Gasteiger partial charge in [0.15, 0.2) is 11.5 Å². The Balaban J connectivity index is 2.68. The van der Waals surface area contributed by atoms with E-state index in [0.717, 1.165) is 53.5 Å². The molecule has 2 rings (SSSR count). The van der Waals surface area contributed by atoms with Gasteiger partial charge in [0, 0.05) is 11.1 Å². The van der Waals surface area contributed by atoms with Crippen LogP contribution < -0.4 is 14.8 Å². The monoisotopic (exact) mass is 283 g/mol. The zero-order valence-electron chi connectivity index (χ0n) is 12.1. The maximum Gasteiger partial charge on any atom is 0.167 e. The lowest BCUT2D eigenvalue weighted by Gasteiger charge is -2.30. The largest absolute Gasteiger partial charge is 0.493 e. The molecule has 1 aromatic rings. The SMILES string of the molecule is CCc1cc(OC)c(OC)c(C2(C)CCCN2)c1Cl. The molecular formula is C15H22ClNO2. The smallest absolute Gasteiger partial charge is 0.167 e. The number of methoxy groups -OCH3 is 2. The molecule has 1 aromatic carbocycles. The number of hydrogen-bond acceptors (Lipinski definition) is 3. The second-order valence-electron chi connectivity index (χ2n) is 5.18. The molecule has 3 nitrogen and oxygen atoms in total. The summed E-state index contributed by atoms with van der Waals surface area (Å²) in [5.41, 5.74) is 2.00. The molecular weight excluding hydrogens is 262 g/mol. The Morgan fingerprint density at radius 2 is 2.11 bits per heavy atom. The normalized spacial score (nSPS) is 22.6. The van der Waals surface area contributed by atoms with Crippen molar-refractivity contribution in [3.05, 3.63) is 22.2 Å². The molecule has 1 atom stereocenters. The zero-order chi connectivity index (χ0) is 14.0. The average molecular weight is 284 g/mol. The van der Waals surface area contributed by atoms with Crippen LogP contribution in [0.1, 0.15) is 37.8 Å². The van der Waals surface area contributed by atoms with E-state index in [1.807, 2.05) is 6.07 Å². The molecule has 1 aliphatic rings. The molecule has 0 radical (unpaired) electrons. The first-order valence-corrected chi connectivity index (χ1v) is 7.14. The molecule has 4 heteroatoms. The number of ether oxygens (including phenoxy) is 2. The lowest BCUT2D eigenvalue weighted by Crippen LogP contribution is -2.34. The first kappa shape index (κ1) is 14.5. The third kappa shape index (κ3) is 2.41. The van der Waals surface area contributed by atoms with Crippen LogP contribution in [0.25, 0.3) is 0 Å². The molecule has 106 valence electrons. The van der Waals surface area contributed by atoms with E-state index < -0.39 is 0 Å². The van der Waals surface area contributed by atoms with Crippen LogP contribution in [0.3, 0.4) is 0 Å². The van der Waals surface area contributed by atoms with Gasteiger partial charge in [0.2, 0.25) is 0 Å². The summed E-state index contributed by atoms with van der Waals surface area (Å²) in [6.07, 6.45) is 3.08. The molecule has 1 saturated heterocycles. The van der Waals surface area contributed by atoms with Crippen molar-refractivity contribution < 1.29 is 9.47 Å². The number of hydrogen-bond donors (Lipinski definition) is 1. The van der Waals surface area contributed by atoms with Crippen molar-refractivity contribution in [2.24, 2.45) is 0 Å². The molecule has 0 amide bonds. The summed E-state index contributed by atoms with van der Waals surface area (Å²) in [5.74, 6) is 1.51. The number of halogens is 1. The van der Waals surface area contributed by atoms with E-state index in [-0.39, 0.29) is 5.54 Å². The molecule has 1 fully saturated rings. The second kappa shape index (κ2) is 5.59. The van der Waals surface area contributed by atoms with Gasteiger partial charge in [0.25, 0.3) is 0 Å². The fraction of sp³-hybridized carbons (Fsp3) is 0.600. The van der Waals surface area contributed by atoms with Gasteiger partial charge in [-0.15, -0.1) is 0 Å². The maximum absolute atomic E-state index is 6.62. The zero-order valence-corrected chi connectivity index (χ0v) is 12.9. The number of benzene rings is 1. The molecule has 1 heterocycles. The maximum atomic E-state index is 6.62. The molecule has 0 spiro atoms. The second-order valence-corrected chi connectivity index (χ2v) is 5.55. The van der Waals surface area contributed by atoms with Crippen molar-refractivity contribution >= 4 is 11.6 Å². The van der Waals surface area contributed by atoms with Crippen LogP contribution in [0.4, 0.5) is 0 Å². The highest BCUT2D eigenvalue weighted by Crippen LogP contribution is 2.47. The number of nitrogens with one attached hydrogen (secondary N) is 1. The Morgan fingerprint density at radius 3 is 2.58 bits per heavy atom. The third-order valence-corrected chi connectivity index (χ3v) is 4.41. The van der Waals surface area contributed by atoms with Gasteiger partial charge in [0.1, 0.15) is 0 Å². The first-order chi connectivity index (χ1) is 9.07. The van der Waals surface area contributed by atoms with E-state index in [1.54, 1.807) is 14.2 Å². The van der Waals surface area contributed by atoms with E-state index >= 15 is 0 Å². The van der Waals surface area contributed by atoms with Crippen molar-refractivity contribution in [1.29, 1.82) is 0 Å². The lowest BCUT2D eigenvalue weighted by atomic mass is 9.87. The van der Waals surface area contributed by atoms with Crippen molar-refractivity contribution in [1.82, 2.24) is 5.32 Å². The van der Waals surface area contributed by atoms with Gasteiger partial charge in [-0.2, -0.15) is 0 Å². The van der Waals surface area contributed by atoms with Crippen molar-refractivity contribution in [2.45, 2.75) is 38.6 Å². The summed E-state index contributed by atoms with van der Waals surface area (Å²) in [5, 5.41) is 4.35. The fourth-order valence-corrected chi connectivity index (χ4v) is 3.37. The highest BCUT2D eigenvalue weighted by atomic mass is 35.5. The van der Waals surface area contributed by atoms with Crippen molar-refractivity contribution in [3.63, 3.8) is 0 Å². The van der Waals surface area contributed by atoms with Crippen LogP contribution in [-0.4, -0.2) is 20.8 Å². The Labute approximate surface area is 120 Å². The predicted octanol–water partition coefficient (Wildman–Crippen LogP) is 3.52. The van der Waals surface area contributed by atoms with Gasteiger partial charge >= 0.3 is 0 Å². The van der Waals surface area contributed by atoms with Crippen LogP contribution in [-0.2, 0) is 12.0 Å². The summed E-state index contributed by atoms with van der Waals surface area (Å²) in [6.45, 7) is 5.29. The Morgan fingerprint density at radius 1 is 1.37 bits per heavy atom. The third-order valence-electron chi connectivity index (χ3n) is 3.98. The molecule has 1 unspecified atom stereocenters. The molecule has 1 N–H and O–H groups in total. The minimum Gasteiger partial charge on any atom is -0.493 e. The highest BCUT2D eigenvalue weighted by molar-refractivity contribution is 6.32. The molecule has 0 bridgehead atoms.